The van der Waals surface area contributed by atoms with Crippen LogP contribution in [0, 0.1) is 5.92 Å². The van der Waals surface area contributed by atoms with E-state index in [2.05, 4.69) is 0 Å². The van der Waals surface area contributed by atoms with Gasteiger partial charge in [-0.2, -0.15) is 0 Å². The molecule has 7 heteroatoms. The van der Waals surface area contributed by atoms with Gasteiger partial charge in [0.1, 0.15) is 0 Å². The Labute approximate surface area is 115 Å². The zero-order valence-corrected chi connectivity index (χ0v) is 11.8. The summed E-state index contributed by atoms with van der Waals surface area (Å²) in [7, 11) is 0. The molecule has 1 rings (SSSR count). The highest BCUT2D eigenvalue weighted by atomic mass is 35.6. The fourth-order valence-corrected chi connectivity index (χ4v) is 2.00. The Morgan fingerprint density at radius 1 is 1.35 bits per heavy atom. The molecule has 0 bridgehead atoms. The molecule has 4 nitrogen and oxygen atoms in total. The minimum absolute atomic E-state index is 0.166. The molecule has 1 unspecified atom stereocenters. The third-order valence-electron chi connectivity index (χ3n) is 2.40. The Morgan fingerprint density at radius 3 is 2.41 bits per heavy atom. The van der Waals surface area contributed by atoms with Crippen molar-refractivity contribution in [2.75, 3.05) is 13.1 Å². The lowest BCUT2D eigenvalue weighted by molar-refractivity contribution is -0.151. The molecular formula is C10H14Cl3NO3. The number of rotatable bonds is 2. The molecule has 1 amide bonds. The first-order chi connectivity index (χ1) is 7.71. The Morgan fingerprint density at radius 2 is 1.94 bits per heavy atom. The lowest BCUT2D eigenvalue weighted by atomic mass is 10.1. The number of esters is 1. The lowest BCUT2D eigenvalue weighted by Gasteiger charge is -2.20. The van der Waals surface area contributed by atoms with E-state index in [4.69, 9.17) is 39.5 Å². The van der Waals surface area contributed by atoms with Gasteiger partial charge in [0.05, 0.1) is 12.0 Å². The first-order valence-corrected chi connectivity index (χ1v) is 6.41. The number of hydrogen-bond acceptors (Lipinski definition) is 3. The number of halogens is 3. The molecule has 0 radical (unpaired) electrons. The number of carbonyl (C=O) groups excluding carboxylic acids is 2. The molecule has 98 valence electrons. The van der Waals surface area contributed by atoms with E-state index >= 15 is 0 Å². The van der Waals surface area contributed by atoms with Crippen LogP contribution in [0.1, 0.15) is 20.3 Å². The van der Waals surface area contributed by atoms with Crippen molar-refractivity contribution >= 4 is 46.7 Å². The Hall–Kier alpha value is -0.190. The molecule has 1 atom stereocenters. The molecular weight excluding hydrogens is 288 g/mol. The maximum Gasteiger partial charge on any atom is 0.311 e. The monoisotopic (exact) mass is 301 g/mol. The van der Waals surface area contributed by atoms with Crippen molar-refractivity contribution in [2.24, 2.45) is 5.92 Å². The average molecular weight is 303 g/mol. The van der Waals surface area contributed by atoms with Crippen LogP contribution >= 0.6 is 34.8 Å². The molecule has 1 aliphatic rings. The van der Waals surface area contributed by atoms with Crippen molar-refractivity contribution in [2.45, 2.75) is 30.2 Å². The summed E-state index contributed by atoms with van der Waals surface area (Å²) in [5.41, 5.74) is 0. The van der Waals surface area contributed by atoms with E-state index < -0.39 is 9.70 Å². The molecule has 1 aliphatic heterocycles. The second-order valence-corrected chi connectivity index (χ2v) is 6.50. The zero-order chi connectivity index (χ0) is 13.2. The summed E-state index contributed by atoms with van der Waals surface area (Å²) >= 11 is 16.5. The largest absolute Gasteiger partial charge is 0.463 e. The normalized spacial score (nSPS) is 20.8. The van der Waals surface area contributed by atoms with Gasteiger partial charge < -0.3 is 9.64 Å². The van der Waals surface area contributed by atoms with Crippen molar-refractivity contribution in [1.29, 1.82) is 0 Å². The van der Waals surface area contributed by atoms with Gasteiger partial charge >= 0.3 is 5.97 Å². The predicted molar refractivity (Wildman–Crippen MR) is 66.2 cm³/mol. The van der Waals surface area contributed by atoms with Gasteiger partial charge in [-0.25, -0.2) is 0 Å². The molecule has 1 fully saturated rings. The summed E-state index contributed by atoms with van der Waals surface area (Å²) < 4.78 is 3.11. The highest BCUT2D eigenvalue weighted by molar-refractivity contribution is 6.76. The summed E-state index contributed by atoms with van der Waals surface area (Å²) in [6, 6.07) is 0. The summed E-state index contributed by atoms with van der Waals surface area (Å²) in [6.45, 7) is 4.21. The summed E-state index contributed by atoms with van der Waals surface area (Å²) in [5, 5.41) is 0. The number of carbonyl (C=O) groups is 2. The number of alkyl halides is 3. The van der Waals surface area contributed by atoms with Crippen LogP contribution in [-0.2, 0) is 14.3 Å². The summed E-state index contributed by atoms with van der Waals surface area (Å²) in [6.07, 6.45) is 0.373. The SMILES string of the molecule is CC(C)OC(=O)C1CCN(C(=O)C(Cl)(Cl)Cl)C1. The predicted octanol–water partition coefficient (Wildman–Crippen LogP) is 2.16. The minimum Gasteiger partial charge on any atom is -0.463 e. The first-order valence-electron chi connectivity index (χ1n) is 5.28. The van der Waals surface area contributed by atoms with Gasteiger partial charge in [0.15, 0.2) is 0 Å². The summed E-state index contributed by atoms with van der Waals surface area (Å²) in [5.74, 6) is -1.23. The number of amides is 1. The van der Waals surface area contributed by atoms with E-state index in [0.29, 0.717) is 13.0 Å². The molecule has 17 heavy (non-hydrogen) atoms. The maximum atomic E-state index is 11.6. The van der Waals surface area contributed by atoms with E-state index in [1.54, 1.807) is 13.8 Å². The Bertz CT molecular complexity index is 314. The van der Waals surface area contributed by atoms with Crippen LogP contribution in [0.3, 0.4) is 0 Å². The molecule has 0 saturated carbocycles. The average Bonchev–Trinajstić information content (AvgIpc) is 2.62. The van der Waals surface area contributed by atoms with Gasteiger partial charge in [0, 0.05) is 13.1 Å². The minimum atomic E-state index is -1.96. The lowest BCUT2D eigenvalue weighted by Crippen LogP contribution is -2.38. The topological polar surface area (TPSA) is 46.6 Å². The molecule has 0 aromatic rings. The van der Waals surface area contributed by atoms with Crippen molar-refractivity contribution < 1.29 is 14.3 Å². The van der Waals surface area contributed by atoms with Crippen LogP contribution in [0.4, 0.5) is 0 Å². The van der Waals surface area contributed by atoms with Crippen molar-refractivity contribution in [3.05, 3.63) is 0 Å². The van der Waals surface area contributed by atoms with Gasteiger partial charge in [-0.1, -0.05) is 34.8 Å². The highest BCUT2D eigenvalue weighted by Gasteiger charge is 2.40. The standard InChI is InChI=1S/C10H14Cl3NO3/c1-6(2)17-8(15)7-3-4-14(5-7)9(16)10(11,12)13/h6-7H,3-5H2,1-2H3. The second kappa shape index (κ2) is 5.63. The van der Waals surface area contributed by atoms with Crippen LogP contribution in [-0.4, -0.2) is 39.8 Å². The third-order valence-corrected chi connectivity index (χ3v) is 2.89. The fraction of sp³-hybridized carbons (Fsp3) is 0.800. The van der Waals surface area contributed by atoms with E-state index in [1.165, 1.54) is 4.90 Å². The van der Waals surface area contributed by atoms with Crippen molar-refractivity contribution in [3.63, 3.8) is 0 Å². The molecule has 0 aromatic heterocycles. The molecule has 1 saturated heterocycles. The first kappa shape index (κ1) is 14.9. The Kier molecular flexibility index (Phi) is 4.93. The van der Waals surface area contributed by atoms with Crippen LogP contribution in [0.25, 0.3) is 0 Å². The number of hydrogen-bond donors (Lipinski definition) is 0. The summed E-state index contributed by atoms with van der Waals surface area (Å²) in [4.78, 5) is 24.6. The molecule has 0 spiro atoms. The molecule has 0 aromatic carbocycles. The van der Waals surface area contributed by atoms with Crippen LogP contribution in [0.5, 0.6) is 0 Å². The van der Waals surface area contributed by atoms with Gasteiger partial charge in [-0.15, -0.1) is 0 Å². The highest BCUT2D eigenvalue weighted by Crippen LogP contribution is 2.31. The van der Waals surface area contributed by atoms with Crippen LogP contribution in [0.2, 0.25) is 0 Å². The maximum absolute atomic E-state index is 11.6. The number of ether oxygens (including phenoxy) is 1. The molecule has 0 aliphatic carbocycles. The van der Waals surface area contributed by atoms with Gasteiger partial charge in [0.25, 0.3) is 9.70 Å². The van der Waals surface area contributed by atoms with E-state index in [0.717, 1.165) is 0 Å². The molecule has 0 N–H and O–H groups in total. The zero-order valence-electron chi connectivity index (χ0n) is 9.58. The van der Waals surface area contributed by atoms with E-state index in [9.17, 15) is 9.59 Å². The van der Waals surface area contributed by atoms with Crippen molar-refractivity contribution in [3.8, 4) is 0 Å². The second-order valence-electron chi connectivity index (χ2n) is 4.22. The van der Waals surface area contributed by atoms with Gasteiger partial charge in [0.2, 0.25) is 0 Å². The van der Waals surface area contributed by atoms with Gasteiger partial charge in [-0.05, 0) is 20.3 Å². The smallest absolute Gasteiger partial charge is 0.311 e. The van der Waals surface area contributed by atoms with Crippen LogP contribution < -0.4 is 0 Å². The van der Waals surface area contributed by atoms with Crippen molar-refractivity contribution in [1.82, 2.24) is 4.90 Å². The quantitative estimate of drug-likeness (QED) is 0.580. The van der Waals surface area contributed by atoms with E-state index in [-0.39, 0.29) is 24.5 Å². The third kappa shape index (κ3) is 4.19. The Balaban J connectivity index is 2.53. The van der Waals surface area contributed by atoms with Crippen LogP contribution in [0.15, 0.2) is 0 Å². The molecule has 1 heterocycles. The van der Waals surface area contributed by atoms with E-state index in [1.807, 2.05) is 0 Å². The fourth-order valence-electron chi connectivity index (χ4n) is 1.64. The van der Waals surface area contributed by atoms with Gasteiger partial charge in [-0.3, -0.25) is 9.59 Å². The number of nitrogens with zero attached hydrogens (tertiary/aromatic N) is 1. The number of likely N-dealkylation sites (tertiary alicyclic amines) is 1.